The number of Topliss-reactive ketones (excluding diaryl/α,β-unsaturated/α-hetero) is 2. The molecule has 0 fully saturated rings. The normalized spacial score (nSPS) is 12.5. The highest BCUT2D eigenvalue weighted by Crippen LogP contribution is 2.40. The number of aromatic nitrogens is 1. The van der Waals surface area contributed by atoms with Gasteiger partial charge in [-0.15, -0.1) is 11.3 Å². The maximum absolute atomic E-state index is 12.7. The Labute approximate surface area is 245 Å². The van der Waals surface area contributed by atoms with Crippen LogP contribution in [0.5, 0.6) is 0 Å². The van der Waals surface area contributed by atoms with Crippen LogP contribution in [-0.2, 0) is 0 Å². The summed E-state index contributed by atoms with van der Waals surface area (Å²) in [5.74, 6) is -1.08. The highest BCUT2D eigenvalue weighted by molar-refractivity contribution is 8.01. The Morgan fingerprint density at radius 2 is 1.66 bits per heavy atom. The summed E-state index contributed by atoms with van der Waals surface area (Å²) in [6.45, 7) is 0. The summed E-state index contributed by atoms with van der Waals surface area (Å²) in [4.78, 5) is 54.4. The van der Waals surface area contributed by atoms with Gasteiger partial charge in [-0.05, 0) is 60.2 Å². The van der Waals surface area contributed by atoms with Gasteiger partial charge in [0.1, 0.15) is 0 Å². The molecule has 5 aromatic rings. The van der Waals surface area contributed by atoms with Crippen LogP contribution in [0.25, 0.3) is 16.3 Å². The molecule has 1 N–H and O–H groups in total. The van der Waals surface area contributed by atoms with E-state index in [9.17, 15) is 24.5 Å². The van der Waals surface area contributed by atoms with E-state index in [1.54, 1.807) is 78.9 Å². The van der Waals surface area contributed by atoms with Gasteiger partial charge in [-0.25, -0.2) is 4.98 Å². The Morgan fingerprint density at radius 3 is 2.34 bits per heavy atom. The SMILES string of the molecule is O=C(Nc1ccc2nc(Sc3ccc(C=C4C(=O)c5ccccc5C4=O)cc3[N+](=O)[O-])sc2c1)c1ccc(Cl)cc1. The van der Waals surface area contributed by atoms with Gasteiger partial charge in [-0.3, -0.25) is 24.5 Å². The highest BCUT2D eigenvalue weighted by atomic mass is 35.5. The van der Waals surface area contributed by atoms with Gasteiger partial charge in [0, 0.05) is 33.5 Å². The number of anilines is 1. The zero-order valence-electron chi connectivity index (χ0n) is 20.8. The number of nitro benzene ring substituents is 1. The Morgan fingerprint density at radius 1 is 0.951 bits per heavy atom. The van der Waals surface area contributed by atoms with Crippen molar-refractivity contribution in [3.05, 3.63) is 128 Å². The van der Waals surface area contributed by atoms with Gasteiger partial charge in [0.05, 0.1) is 25.6 Å². The molecule has 1 heterocycles. The number of hydrogen-bond donors (Lipinski definition) is 1. The van der Waals surface area contributed by atoms with Crippen LogP contribution < -0.4 is 5.32 Å². The molecule has 11 heteroatoms. The fourth-order valence-electron chi connectivity index (χ4n) is 4.35. The maximum Gasteiger partial charge on any atom is 0.283 e. The van der Waals surface area contributed by atoms with Gasteiger partial charge < -0.3 is 5.32 Å². The first-order valence-electron chi connectivity index (χ1n) is 12.1. The molecule has 0 spiro atoms. The summed E-state index contributed by atoms with van der Waals surface area (Å²) >= 11 is 8.37. The standard InChI is InChI=1S/C30H16ClN3O5S2/c31-18-8-6-17(7-9-18)29(37)32-19-10-11-23-26(15-19)41-30(33-23)40-25-12-5-16(14-24(25)34(38)39)13-22-27(35)20-3-1-2-4-21(20)28(22)36/h1-15H,(H,32,37). The minimum absolute atomic E-state index is 0.0222. The Kier molecular flexibility index (Phi) is 6.96. The summed E-state index contributed by atoms with van der Waals surface area (Å²) in [5.41, 5.74) is 2.57. The number of nitrogens with zero attached hydrogens (tertiary/aromatic N) is 2. The largest absolute Gasteiger partial charge is 0.322 e. The van der Waals surface area contributed by atoms with E-state index in [2.05, 4.69) is 10.3 Å². The fraction of sp³-hybridized carbons (Fsp3) is 0. The van der Waals surface area contributed by atoms with Crippen LogP contribution in [-0.4, -0.2) is 27.4 Å². The van der Waals surface area contributed by atoms with Crippen molar-refractivity contribution in [2.45, 2.75) is 9.24 Å². The molecule has 0 unspecified atom stereocenters. The lowest BCUT2D eigenvalue weighted by molar-refractivity contribution is -0.387. The van der Waals surface area contributed by atoms with Crippen molar-refractivity contribution in [3.63, 3.8) is 0 Å². The average Bonchev–Trinajstić information content (AvgIpc) is 3.47. The number of ketones is 2. The summed E-state index contributed by atoms with van der Waals surface area (Å²) in [7, 11) is 0. The smallest absolute Gasteiger partial charge is 0.283 e. The zero-order valence-corrected chi connectivity index (χ0v) is 23.2. The van der Waals surface area contributed by atoms with Crippen molar-refractivity contribution >= 4 is 79.8 Å². The first-order valence-corrected chi connectivity index (χ1v) is 14.1. The molecule has 0 saturated heterocycles. The van der Waals surface area contributed by atoms with Gasteiger partial charge in [-0.1, -0.05) is 53.7 Å². The second-order valence-corrected chi connectivity index (χ2v) is 11.7. The monoisotopic (exact) mass is 597 g/mol. The Balaban J connectivity index is 1.24. The highest BCUT2D eigenvalue weighted by Gasteiger charge is 2.32. The number of hydrogen-bond acceptors (Lipinski definition) is 8. The van der Waals surface area contributed by atoms with E-state index in [1.807, 2.05) is 0 Å². The number of fused-ring (bicyclic) bond motifs is 2. The van der Waals surface area contributed by atoms with E-state index in [-0.39, 0.29) is 17.2 Å². The lowest BCUT2D eigenvalue weighted by atomic mass is 10.1. The molecular formula is C30H16ClN3O5S2. The van der Waals surface area contributed by atoms with Crippen molar-refractivity contribution in [1.82, 2.24) is 4.98 Å². The maximum atomic E-state index is 12.7. The number of thiazole rings is 1. The second-order valence-electron chi connectivity index (χ2n) is 8.97. The first-order chi connectivity index (χ1) is 19.8. The third kappa shape index (κ3) is 5.28. The molecule has 41 heavy (non-hydrogen) atoms. The van der Waals surface area contributed by atoms with Crippen molar-refractivity contribution in [2.75, 3.05) is 5.32 Å². The molecule has 8 nitrogen and oxygen atoms in total. The molecule has 0 saturated carbocycles. The van der Waals surface area contributed by atoms with Gasteiger partial charge in [-0.2, -0.15) is 0 Å². The molecule has 1 amide bonds. The van der Waals surface area contributed by atoms with Crippen LogP contribution in [0.15, 0.2) is 99.7 Å². The predicted octanol–water partition coefficient (Wildman–Crippen LogP) is 7.72. The quantitative estimate of drug-likeness (QED) is 0.0920. The van der Waals surface area contributed by atoms with E-state index >= 15 is 0 Å². The van der Waals surface area contributed by atoms with E-state index < -0.39 is 16.5 Å². The molecule has 1 aromatic heterocycles. The molecule has 1 aliphatic rings. The van der Waals surface area contributed by atoms with Crippen LogP contribution in [0, 0.1) is 10.1 Å². The molecule has 1 aliphatic carbocycles. The minimum Gasteiger partial charge on any atom is -0.322 e. The number of nitrogens with one attached hydrogen (secondary N) is 1. The predicted molar refractivity (Wildman–Crippen MR) is 159 cm³/mol. The third-order valence-corrected chi connectivity index (χ3v) is 8.72. The molecule has 0 bridgehead atoms. The molecule has 4 aromatic carbocycles. The summed E-state index contributed by atoms with van der Waals surface area (Å²) in [6.07, 6.45) is 1.39. The van der Waals surface area contributed by atoms with Crippen molar-refractivity contribution < 1.29 is 19.3 Å². The van der Waals surface area contributed by atoms with Crippen LogP contribution in [0.2, 0.25) is 5.02 Å². The number of benzene rings is 4. The zero-order chi connectivity index (χ0) is 28.7. The van der Waals surface area contributed by atoms with Crippen LogP contribution in [0.3, 0.4) is 0 Å². The van der Waals surface area contributed by atoms with E-state index in [1.165, 1.54) is 23.5 Å². The molecule has 0 radical (unpaired) electrons. The number of carbonyl (C=O) groups is 3. The van der Waals surface area contributed by atoms with Crippen molar-refractivity contribution in [3.8, 4) is 0 Å². The Bertz CT molecular complexity index is 1910. The number of allylic oxidation sites excluding steroid dienone is 1. The van der Waals surface area contributed by atoms with Crippen molar-refractivity contribution in [1.29, 1.82) is 0 Å². The third-order valence-electron chi connectivity index (χ3n) is 6.33. The summed E-state index contributed by atoms with van der Waals surface area (Å²) < 4.78 is 1.37. The van der Waals surface area contributed by atoms with E-state index in [0.717, 1.165) is 16.5 Å². The number of amides is 1. The average molecular weight is 598 g/mol. The summed E-state index contributed by atoms with van der Waals surface area (Å²) in [6, 6.07) is 22.9. The Hall–Kier alpha value is -4.64. The van der Waals surface area contributed by atoms with Gasteiger partial charge in [0.2, 0.25) is 0 Å². The molecular weight excluding hydrogens is 582 g/mol. The lowest BCUT2D eigenvalue weighted by Crippen LogP contribution is -2.11. The first kappa shape index (κ1) is 26.6. The summed E-state index contributed by atoms with van der Waals surface area (Å²) in [5, 5.41) is 15.3. The fourth-order valence-corrected chi connectivity index (χ4v) is 6.62. The van der Waals surface area contributed by atoms with Gasteiger partial charge in [0.25, 0.3) is 11.6 Å². The van der Waals surface area contributed by atoms with E-state index in [4.69, 9.17) is 11.6 Å². The molecule has 200 valence electrons. The molecule has 0 aliphatic heterocycles. The van der Waals surface area contributed by atoms with Crippen LogP contribution >= 0.6 is 34.7 Å². The topological polar surface area (TPSA) is 119 Å². The minimum atomic E-state index is -0.505. The number of carbonyl (C=O) groups excluding carboxylic acids is 3. The number of nitro groups is 1. The second kappa shape index (κ2) is 10.7. The van der Waals surface area contributed by atoms with Crippen molar-refractivity contribution in [2.24, 2.45) is 0 Å². The van der Waals surface area contributed by atoms with Gasteiger partial charge in [0.15, 0.2) is 15.9 Å². The number of halogens is 1. The van der Waals surface area contributed by atoms with Crippen LogP contribution in [0.1, 0.15) is 36.6 Å². The lowest BCUT2D eigenvalue weighted by Gasteiger charge is -2.05. The van der Waals surface area contributed by atoms with Crippen LogP contribution in [0.4, 0.5) is 11.4 Å². The molecule has 6 rings (SSSR count). The number of rotatable bonds is 6. The van der Waals surface area contributed by atoms with E-state index in [0.29, 0.717) is 47.7 Å². The molecule has 0 atom stereocenters. The van der Waals surface area contributed by atoms with Gasteiger partial charge >= 0.3 is 0 Å².